The zero-order valence-electron chi connectivity index (χ0n) is 25.5. The predicted octanol–water partition coefficient (Wildman–Crippen LogP) is 6.93. The number of benzene rings is 3. The Morgan fingerprint density at radius 1 is 0.860 bits per heavy atom. The fraction of sp³-hybridized carbons (Fsp3) is 0.364. The van der Waals surface area contributed by atoms with Crippen molar-refractivity contribution in [2.45, 2.75) is 18.8 Å². The Morgan fingerprint density at radius 2 is 1.58 bits per heavy atom. The van der Waals surface area contributed by atoms with Gasteiger partial charge in [0, 0.05) is 48.7 Å². The summed E-state index contributed by atoms with van der Waals surface area (Å²) in [5, 5.41) is 2.16. The molecule has 0 radical (unpaired) electrons. The zero-order chi connectivity index (χ0) is 31.1. The maximum atomic E-state index is 13.6. The number of hydrogen-bond acceptors (Lipinski definition) is 6. The molecule has 4 aromatic rings. The van der Waals surface area contributed by atoms with E-state index in [0.717, 1.165) is 42.8 Å². The average Bonchev–Trinajstić information content (AvgIpc) is 3.43. The number of H-pyrrole nitrogens is 1. The Morgan fingerprint density at radius 3 is 2.21 bits per heavy atom. The molecule has 0 fully saturated rings. The summed E-state index contributed by atoms with van der Waals surface area (Å²) >= 11 is 12.6. The van der Waals surface area contributed by atoms with E-state index in [2.05, 4.69) is 29.2 Å². The van der Waals surface area contributed by atoms with Gasteiger partial charge in [0.15, 0.2) is 11.5 Å². The Labute approximate surface area is 263 Å². The lowest BCUT2D eigenvalue weighted by molar-refractivity contribution is 0.0782. The number of ether oxygens (including phenoxy) is 4. The van der Waals surface area contributed by atoms with E-state index in [9.17, 15) is 4.79 Å². The van der Waals surface area contributed by atoms with Gasteiger partial charge in [-0.15, -0.1) is 0 Å². The van der Waals surface area contributed by atoms with E-state index in [1.165, 1.54) is 32.3 Å². The number of methoxy groups -OCH3 is 4. The van der Waals surface area contributed by atoms with E-state index >= 15 is 0 Å². The molecule has 4 rings (SSSR count). The summed E-state index contributed by atoms with van der Waals surface area (Å²) in [6.07, 6.45) is 3.77. The first kappa shape index (κ1) is 32.3. The largest absolute Gasteiger partial charge is 0.497 e. The lowest BCUT2D eigenvalue weighted by Gasteiger charge is -2.27. The van der Waals surface area contributed by atoms with Crippen molar-refractivity contribution < 1.29 is 23.7 Å². The van der Waals surface area contributed by atoms with E-state index in [1.54, 1.807) is 31.2 Å². The van der Waals surface area contributed by atoms with E-state index in [4.69, 9.17) is 42.1 Å². The number of carbonyl (C=O) groups excluding carboxylic acids is 1. The number of aromatic amines is 1. The summed E-state index contributed by atoms with van der Waals surface area (Å²) in [6, 6.07) is 15.1. The topological polar surface area (TPSA) is 76.3 Å². The number of fused-ring (bicyclic) bond motifs is 1. The molecule has 0 aliphatic carbocycles. The van der Waals surface area contributed by atoms with Gasteiger partial charge < -0.3 is 33.7 Å². The minimum atomic E-state index is -0.160. The van der Waals surface area contributed by atoms with Crippen LogP contribution in [0.3, 0.4) is 0 Å². The van der Waals surface area contributed by atoms with E-state index in [1.807, 2.05) is 30.3 Å². The fourth-order valence-corrected chi connectivity index (χ4v) is 5.57. The van der Waals surface area contributed by atoms with Gasteiger partial charge in [-0.2, -0.15) is 0 Å². The molecule has 1 unspecified atom stereocenters. The molecule has 0 spiro atoms. The van der Waals surface area contributed by atoms with Crippen molar-refractivity contribution in [2.75, 3.05) is 62.2 Å². The Hall–Kier alpha value is -3.59. The van der Waals surface area contributed by atoms with Gasteiger partial charge in [0.05, 0.1) is 38.5 Å². The van der Waals surface area contributed by atoms with Gasteiger partial charge in [-0.1, -0.05) is 29.3 Å². The molecule has 3 aromatic carbocycles. The van der Waals surface area contributed by atoms with Crippen LogP contribution in [-0.4, -0.2) is 82.9 Å². The highest BCUT2D eigenvalue weighted by Gasteiger charge is 2.23. The summed E-state index contributed by atoms with van der Waals surface area (Å²) in [7, 11) is 10.2. The Balaban J connectivity index is 1.48. The van der Waals surface area contributed by atoms with Crippen LogP contribution in [0.5, 0.6) is 23.0 Å². The normalized spacial score (nSPS) is 11.9. The maximum absolute atomic E-state index is 13.6. The van der Waals surface area contributed by atoms with Crippen LogP contribution < -0.4 is 18.9 Å². The smallest absolute Gasteiger partial charge is 0.253 e. The number of likely N-dealkylation sites (N-methyl/N-ethyl adjacent to an activating group) is 2. The number of nitrogens with zero attached hydrogens (tertiary/aromatic N) is 2. The Bertz CT molecular complexity index is 1530. The van der Waals surface area contributed by atoms with E-state index in [-0.39, 0.29) is 11.8 Å². The van der Waals surface area contributed by atoms with Gasteiger partial charge in [-0.25, -0.2) is 0 Å². The SMILES string of the molecule is COc1ccc2[nH]cc(CCN(C)CCC(CN(C)C(=O)c3cc(OC)c(OC)c(OC)c3)c3ccc(Cl)c(Cl)c3)c2c1. The molecule has 1 heterocycles. The molecule has 43 heavy (non-hydrogen) atoms. The van der Waals surface area contributed by atoms with Crippen LogP contribution in [0.1, 0.15) is 33.8 Å². The Kier molecular flexibility index (Phi) is 11.1. The average molecular weight is 629 g/mol. The monoisotopic (exact) mass is 627 g/mol. The van der Waals surface area contributed by atoms with Crippen molar-refractivity contribution in [3.8, 4) is 23.0 Å². The third-order valence-electron chi connectivity index (χ3n) is 7.76. The highest BCUT2D eigenvalue weighted by molar-refractivity contribution is 6.42. The molecule has 0 aliphatic rings. The molecule has 1 atom stereocenters. The summed E-state index contributed by atoms with van der Waals surface area (Å²) in [4.78, 5) is 21.0. The third kappa shape index (κ3) is 7.68. The number of aromatic nitrogens is 1. The van der Waals surface area contributed by atoms with E-state index in [0.29, 0.717) is 39.4 Å². The molecule has 0 aliphatic heterocycles. The minimum absolute atomic E-state index is 0.0190. The van der Waals surface area contributed by atoms with Crippen molar-refractivity contribution in [1.82, 2.24) is 14.8 Å². The number of nitrogens with one attached hydrogen (secondary N) is 1. The number of rotatable bonds is 14. The molecule has 1 amide bonds. The van der Waals surface area contributed by atoms with Gasteiger partial charge in [0.2, 0.25) is 5.75 Å². The molecular weight excluding hydrogens is 589 g/mol. The first-order chi connectivity index (χ1) is 20.7. The lowest BCUT2D eigenvalue weighted by atomic mass is 9.94. The minimum Gasteiger partial charge on any atom is -0.497 e. The van der Waals surface area contributed by atoms with Crippen molar-refractivity contribution in [2.24, 2.45) is 0 Å². The second-order valence-corrected chi connectivity index (χ2v) is 11.4. The molecule has 0 saturated heterocycles. The molecular formula is C33H39Cl2N3O5. The van der Waals surface area contributed by atoms with Crippen LogP contribution in [0.2, 0.25) is 10.0 Å². The second kappa shape index (κ2) is 14.7. The summed E-state index contributed by atoms with van der Waals surface area (Å²) in [5.74, 6) is 1.99. The zero-order valence-corrected chi connectivity index (χ0v) is 27.0. The molecule has 0 saturated carbocycles. The molecule has 230 valence electrons. The fourth-order valence-electron chi connectivity index (χ4n) is 5.26. The van der Waals surface area contributed by atoms with Crippen LogP contribution in [0, 0.1) is 0 Å². The summed E-state index contributed by atoms with van der Waals surface area (Å²) in [5.41, 5.74) is 3.81. The maximum Gasteiger partial charge on any atom is 0.253 e. The van der Waals surface area contributed by atoms with Crippen molar-refractivity contribution >= 4 is 40.0 Å². The number of amides is 1. The second-order valence-electron chi connectivity index (χ2n) is 10.5. The van der Waals surface area contributed by atoms with Crippen LogP contribution in [0.15, 0.2) is 54.7 Å². The van der Waals surface area contributed by atoms with Crippen LogP contribution in [0.4, 0.5) is 0 Å². The molecule has 1 aromatic heterocycles. The van der Waals surface area contributed by atoms with Crippen LogP contribution in [-0.2, 0) is 6.42 Å². The number of hydrogen-bond donors (Lipinski definition) is 1. The lowest BCUT2D eigenvalue weighted by Crippen LogP contribution is -2.33. The van der Waals surface area contributed by atoms with Gasteiger partial charge in [0.25, 0.3) is 5.91 Å². The molecule has 0 bridgehead atoms. The molecule has 8 nitrogen and oxygen atoms in total. The molecule has 1 N–H and O–H groups in total. The predicted molar refractivity (Wildman–Crippen MR) is 173 cm³/mol. The highest BCUT2D eigenvalue weighted by atomic mass is 35.5. The van der Waals surface area contributed by atoms with Gasteiger partial charge in [-0.05, 0) is 80.0 Å². The number of carbonyl (C=O) groups is 1. The quantitative estimate of drug-likeness (QED) is 0.163. The highest BCUT2D eigenvalue weighted by Crippen LogP contribution is 2.38. The van der Waals surface area contributed by atoms with Crippen LogP contribution >= 0.6 is 23.2 Å². The van der Waals surface area contributed by atoms with Crippen molar-refractivity contribution in [3.05, 3.63) is 81.5 Å². The van der Waals surface area contributed by atoms with Crippen molar-refractivity contribution in [1.29, 1.82) is 0 Å². The van der Waals surface area contributed by atoms with Gasteiger partial charge >= 0.3 is 0 Å². The summed E-state index contributed by atoms with van der Waals surface area (Å²) in [6.45, 7) is 2.17. The van der Waals surface area contributed by atoms with E-state index < -0.39 is 0 Å². The molecule has 10 heteroatoms. The third-order valence-corrected chi connectivity index (χ3v) is 8.50. The van der Waals surface area contributed by atoms with Crippen LogP contribution in [0.25, 0.3) is 10.9 Å². The first-order valence-electron chi connectivity index (χ1n) is 14.0. The van der Waals surface area contributed by atoms with Gasteiger partial charge in [0.1, 0.15) is 5.75 Å². The van der Waals surface area contributed by atoms with Crippen molar-refractivity contribution in [3.63, 3.8) is 0 Å². The first-order valence-corrected chi connectivity index (χ1v) is 14.8. The van der Waals surface area contributed by atoms with Gasteiger partial charge in [-0.3, -0.25) is 4.79 Å². The summed E-state index contributed by atoms with van der Waals surface area (Å²) < 4.78 is 21.7. The standard InChI is InChI=1S/C33H39Cl2N3O5/c1-37(13-11-22-19-36-29-10-8-25(40-3)18-26(22)29)14-12-23(21-7-9-27(34)28(35)15-21)20-38(2)33(39)24-16-30(41-4)32(43-6)31(17-24)42-5/h7-10,15-19,23,36H,11-14,20H2,1-6H3. The number of halogens is 2.